The molecular formula is C15H14BrN3. The fraction of sp³-hybridized carbons (Fsp3) is 0.133. The molecule has 3 N–H and O–H groups in total. The Morgan fingerprint density at radius 3 is 2.79 bits per heavy atom. The van der Waals surface area contributed by atoms with Gasteiger partial charge in [-0.15, -0.1) is 0 Å². The summed E-state index contributed by atoms with van der Waals surface area (Å²) in [5.41, 5.74) is 9.50. The lowest BCUT2D eigenvalue weighted by molar-refractivity contribution is 1.14. The van der Waals surface area contributed by atoms with Crippen molar-refractivity contribution in [2.24, 2.45) is 0 Å². The van der Waals surface area contributed by atoms with Crippen molar-refractivity contribution in [3.63, 3.8) is 0 Å². The molecule has 0 amide bonds. The maximum Gasteiger partial charge on any atom is 0.0670 e. The first-order valence-corrected chi connectivity index (χ1v) is 6.72. The molecule has 0 unspecified atom stereocenters. The van der Waals surface area contributed by atoms with Crippen LogP contribution in [0, 0.1) is 11.3 Å². The third-order valence-corrected chi connectivity index (χ3v) is 3.29. The number of nitrogens with zero attached hydrogens (tertiary/aromatic N) is 1. The number of hydrogen-bond donors (Lipinski definition) is 2. The molecule has 19 heavy (non-hydrogen) atoms. The predicted octanol–water partition coefficient (Wildman–Crippen LogP) is 3.71. The third kappa shape index (κ3) is 3.73. The number of nitrogen functional groups attached to an aromatic ring is 1. The maximum absolute atomic E-state index is 8.74. The fourth-order valence-corrected chi connectivity index (χ4v) is 2.25. The summed E-state index contributed by atoms with van der Waals surface area (Å²) in [5.74, 6) is 0. The zero-order valence-electron chi connectivity index (χ0n) is 10.4. The van der Waals surface area contributed by atoms with Crippen molar-refractivity contribution in [1.82, 2.24) is 0 Å². The van der Waals surface area contributed by atoms with E-state index in [1.807, 2.05) is 30.3 Å². The minimum atomic E-state index is 0.332. The number of anilines is 2. The average molecular weight is 316 g/mol. The fourth-order valence-electron chi connectivity index (χ4n) is 1.81. The van der Waals surface area contributed by atoms with Crippen LogP contribution >= 0.6 is 15.9 Å². The highest BCUT2D eigenvalue weighted by Crippen LogP contribution is 2.19. The summed E-state index contributed by atoms with van der Waals surface area (Å²) in [5, 5.41) is 12.1. The lowest BCUT2D eigenvalue weighted by Gasteiger charge is -2.09. The molecule has 2 aromatic carbocycles. The third-order valence-electron chi connectivity index (χ3n) is 2.80. The van der Waals surface area contributed by atoms with E-state index in [2.05, 4.69) is 39.4 Å². The van der Waals surface area contributed by atoms with E-state index in [0.717, 1.165) is 22.3 Å². The summed E-state index contributed by atoms with van der Waals surface area (Å²) in [6.07, 6.45) is 0.332. The summed E-state index contributed by atoms with van der Waals surface area (Å²) < 4.78 is 1.06. The number of benzene rings is 2. The summed E-state index contributed by atoms with van der Waals surface area (Å²) in [7, 11) is 0. The first-order valence-electron chi connectivity index (χ1n) is 5.92. The molecule has 0 aliphatic carbocycles. The number of halogens is 1. The zero-order chi connectivity index (χ0) is 13.7. The smallest absolute Gasteiger partial charge is 0.0670 e. The summed E-state index contributed by atoms with van der Waals surface area (Å²) in [4.78, 5) is 0. The molecule has 96 valence electrons. The second kappa shape index (κ2) is 6.26. The molecule has 0 heterocycles. The van der Waals surface area contributed by atoms with Crippen LogP contribution in [0.4, 0.5) is 11.4 Å². The first kappa shape index (κ1) is 13.4. The van der Waals surface area contributed by atoms with Crippen LogP contribution in [0.3, 0.4) is 0 Å². The van der Waals surface area contributed by atoms with E-state index in [0.29, 0.717) is 12.1 Å². The normalized spacial score (nSPS) is 9.89. The Kier molecular flexibility index (Phi) is 4.43. The number of nitrogens with one attached hydrogen (secondary N) is 1. The van der Waals surface area contributed by atoms with Crippen LogP contribution in [0.15, 0.2) is 46.9 Å². The van der Waals surface area contributed by atoms with E-state index in [4.69, 9.17) is 11.0 Å². The van der Waals surface area contributed by atoms with Gasteiger partial charge in [0.25, 0.3) is 0 Å². The molecule has 4 heteroatoms. The van der Waals surface area contributed by atoms with Crippen LogP contribution in [-0.2, 0) is 13.0 Å². The van der Waals surface area contributed by atoms with Crippen LogP contribution < -0.4 is 11.1 Å². The monoisotopic (exact) mass is 315 g/mol. The van der Waals surface area contributed by atoms with Gasteiger partial charge in [-0.25, -0.2) is 0 Å². The van der Waals surface area contributed by atoms with Gasteiger partial charge >= 0.3 is 0 Å². The molecule has 0 aliphatic rings. The molecule has 0 aromatic heterocycles. The highest BCUT2D eigenvalue weighted by atomic mass is 79.9. The minimum absolute atomic E-state index is 0.332. The Bertz CT molecular complexity index is 617. The predicted molar refractivity (Wildman–Crippen MR) is 81.6 cm³/mol. The van der Waals surface area contributed by atoms with Crippen LogP contribution in [-0.4, -0.2) is 0 Å². The summed E-state index contributed by atoms with van der Waals surface area (Å²) in [6.45, 7) is 0.731. The largest absolute Gasteiger partial charge is 0.398 e. The van der Waals surface area contributed by atoms with E-state index < -0.39 is 0 Å². The van der Waals surface area contributed by atoms with Gasteiger partial charge in [-0.3, -0.25) is 0 Å². The number of nitrogens with two attached hydrogens (primary N) is 1. The molecule has 0 radical (unpaired) electrons. The number of nitriles is 1. The summed E-state index contributed by atoms with van der Waals surface area (Å²) >= 11 is 3.45. The van der Waals surface area contributed by atoms with E-state index in [1.54, 1.807) is 0 Å². The Morgan fingerprint density at radius 1 is 1.21 bits per heavy atom. The van der Waals surface area contributed by atoms with Gasteiger partial charge in [-0.05, 0) is 41.5 Å². The standard InChI is InChI=1S/C15H14BrN3/c16-13-3-1-2-11(8-13)10-19-14-4-5-15(18)12(9-14)6-7-17/h1-5,8-9,19H,6,10,18H2. The average Bonchev–Trinajstić information content (AvgIpc) is 2.40. The van der Waals surface area contributed by atoms with E-state index in [9.17, 15) is 0 Å². The molecule has 0 saturated heterocycles. The van der Waals surface area contributed by atoms with E-state index >= 15 is 0 Å². The molecular weight excluding hydrogens is 302 g/mol. The van der Waals surface area contributed by atoms with Gasteiger partial charge in [-0.2, -0.15) is 5.26 Å². The van der Waals surface area contributed by atoms with Crippen molar-refractivity contribution in [3.05, 3.63) is 58.1 Å². The van der Waals surface area contributed by atoms with Crippen molar-refractivity contribution in [2.45, 2.75) is 13.0 Å². The zero-order valence-corrected chi connectivity index (χ0v) is 11.9. The molecule has 0 spiro atoms. The molecule has 0 aliphatic heterocycles. The van der Waals surface area contributed by atoms with Crippen molar-refractivity contribution in [2.75, 3.05) is 11.1 Å². The van der Waals surface area contributed by atoms with Crippen molar-refractivity contribution in [3.8, 4) is 6.07 Å². The van der Waals surface area contributed by atoms with Crippen LogP contribution in [0.2, 0.25) is 0 Å². The molecule has 0 fully saturated rings. The van der Waals surface area contributed by atoms with Crippen LogP contribution in [0.5, 0.6) is 0 Å². The Morgan fingerprint density at radius 2 is 2.05 bits per heavy atom. The number of hydrogen-bond acceptors (Lipinski definition) is 3. The van der Waals surface area contributed by atoms with Crippen LogP contribution in [0.25, 0.3) is 0 Å². The molecule has 0 atom stereocenters. The van der Waals surface area contributed by atoms with Crippen molar-refractivity contribution < 1.29 is 0 Å². The SMILES string of the molecule is N#CCc1cc(NCc2cccc(Br)c2)ccc1N. The van der Waals surface area contributed by atoms with E-state index in [-0.39, 0.29) is 0 Å². The highest BCUT2D eigenvalue weighted by molar-refractivity contribution is 9.10. The Hall–Kier alpha value is -1.99. The van der Waals surface area contributed by atoms with Gasteiger partial charge < -0.3 is 11.1 Å². The van der Waals surface area contributed by atoms with Gasteiger partial charge in [0.2, 0.25) is 0 Å². The molecule has 2 rings (SSSR count). The van der Waals surface area contributed by atoms with Gasteiger partial charge in [0, 0.05) is 22.4 Å². The van der Waals surface area contributed by atoms with Gasteiger partial charge in [0.1, 0.15) is 0 Å². The second-order valence-electron chi connectivity index (χ2n) is 4.23. The van der Waals surface area contributed by atoms with Crippen LogP contribution in [0.1, 0.15) is 11.1 Å². The second-order valence-corrected chi connectivity index (χ2v) is 5.15. The molecule has 0 saturated carbocycles. The lowest BCUT2D eigenvalue weighted by atomic mass is 10.1. The lowest BCUT2D eigenvalue weighted by Crippen LogP contribution is -2.01. The van der Waals surface area contributed by atoms with Gasteiger partial charge in [-0.1, -0.05) is 28.1 Å². The first-order chi connectivity index (χ1) is 9.19. The van der Waals surface area contributed by atoms with E-state index in [1.165, 1.54) is 5.56 Å². The quantitative estimate of drug-likeness (QED) is 0.845. The molecule has 0 bridgehead atoms. The maximum atomic E-state index is 8.74. The van der Waals surface area contributed by atoms with Crippen molar-refractivity contribution in [1.29, 1.82) is 5.26 Å². The highest BCUT2D eigenvalue weighted by Gasteiger charge is 2.01. The van der Waals surface area contributed by atoms with Crippen molar-refractivity contribution >= 4 is 27.3 Å². The van der Waals surface area contributed by atoms with Gasteiger partial charge in [0.15, 0.2) is 0 Å². The number of rotatable bonds is 4. The minimum Gasteiger partial charge on any atom is -0.398 e. The summed E-state index contributed by atoms with van der Waals surface area (Å²) in [6, 6.07) is 15.9. The Balaban J connectivity index is 2.08. The topological polar surface area (TPSA) is 61.8 Å². The Labute approximate surface area is 121 Å². The molecule has 3 nitrogen and oxygen atoms in total. The van der Waals surface area contributed by atoms with Gasteiger partial charge in [0.05, 0.1) is 12.5 Å². The molecule has 2 aromatic rings.